The van der Waals surface area contributed by atoms with Gasteiger partial charge in [0.25, 0.3) is 0 Å². The highest BCUT2D eigenvalue weighted by Gasteiger charge is 2.12. The zero-order valence-electron chi connectivity index (χ0n) is 9.36. The molecule has 1 aromatic heterocycles. The Morgan fingerprint density at radius 2 is 2.40 bits per heavy atom. The van der Waals surface area contributed by atoms with Crippen LogP contribution in [0.4, 0.5) is 0 Å². The largest absolute Gasteiger partial charge is 0.464 e. The Morgan fingerprint density at radius 1 is 1.73 bits per heavy atom. The van der Waals surface area contributed by atoms with Gasteiger partial charge in [-0.05, 0) is 25.8 Å². The summed E-state index contributed by atoms with van der Waals surface area (Å²) in [5, 5.41) is 4.06. The fourth-order valence-corrected chi connectivity index (χ4v) is 1.32. The molecule has 0 fully saturated rings. The molecule has 0 bridgehead atoms. The van der Waals surface area contributed by atoms with Gasteiger partial charge in [0.1, 0.15) is 0 Å². The highest BCUT2D eigenvalue weighted by atomic mass is 16.5. The molecule has 5 nitrogen and oxygen atoms in total. The Bertz CT molecular complexity index is 344. The highest BCUT2D eigenvalue weighted by molar-refractivity contribution is 5.87. The van der Waals surface area contributed by atoms with Crippen LogP contribution >= 0.6 is 0 Å². The second-order valence-electron chi connectivity index (χ2n) is 3.65. The number of esters is 1. The van der Waals surface area contributed by atoms with E-state index in [-0.39, 0.29) is 6.04 Å². The van der Waals surface area contributed by atoms with Crippen LogP contribution in [0, 0.1) is 0 Å². The Labute approximate surface area is 89.2 Å². The van der Waals surface area contributed by atoms with Gasteiger partial charge in [0.15, 0.2) is 5.69 Å². The standard InChI is InChI=1S/C10H17N3O2/c1-7(11)4-5-8-6-9(10(14)15-3)12-13(8)2/h6-7H,4-5,11H2,1-3H3/t7-/m1/s1. The minimum atomic E-state index is -0.405. The van der Waals surface area contributed by atoms with Crippen molar-refractivity contribution in [1.82, 2.24) is 9.78 Å². The van der Waals surface area contributed by atoms with E-state index in [9.17, 15) is 4.79 Å². The van der Waals surface area contributed by atoms with Crippen LogP contribution in [0.2, 0.25) is 0 Å². The third-order valence-electron chi connectivity index (χ3n) is 2.23. The Hall–Kier alpha value is -1.36. The lowest BCUT2D eigenvalue weighted by atomic mass is 10.1. The van der Waals surface area contributed by atoms with E-state index in [1.54, 1.807) is 10.7 Å². The van der Waals surface area contributed by atoms with Crippen LogP contribution in [0.1, 0.15) is 29.5 Å². The monoisotopic (exact) mass is 211 g/mol. The van der Waals surface area contributed by atoms with Gasteiger partial charge in [-0.25, -0.2) is 4.79 Å². The summed E-state index contributed by atoms with van der Waals surface area (Å²) in [4.78, 5) is 11.2. The van der Waals surface area contributed by atoms with Gasteiger partial charge in [0.2, 0.25) is 0 Å². The molecule has 0 aromatic carbocycles. The number of nitrogens with zero attached hydrogens (tertiary/aromatic N) is 2. The Morgan fingerprint density at radius 3 is 2.93 bits per heavy atom. The number of methoxy groups -OCH3 is 1. The van der Waals surface area contributed by atoms with Gasteiger partial charge >= 0.3 is 5.97 Å². The van der Waals surface area contributed by atoms with E-state index in [4.69, 9.17) is 5.73 Å². The Kier molecular flexibility index (Phi) is 3.85. The minimum absolute atomic E-state index is 0.154. The van der Waals surface area contributed by atoms with E-state index in [0.29, 0.717) is 5.69 Å². The highest BCUT2D eigenvalue weighted by Crippen LogP contribution is 2.07. The zero-order valence-corrected chi connectivity index (χ0v) is 9.36. The molecule has 0 aliphatic carbocycles. The van der Waals surface area contributed by atoms with Crippen LogP contribution in [-0.4, -0.2) is 28.9 Å². The number of carbonyl (C=O) groups is 1. The number of aromatic nitrogens is 2. The summed E-state index contributed by atoms with van der Waals surface area (Å²) < 4.78 is 6.28. The molecule has 1 aromatic rings. The van der Waals surface area contributed by atoms with Crippen molar-refractivity contribution in [2.24, 2.45) is 12.8 Å². The topological polar surface area (TPSA) is 70.1 Å². The number of hydrogen-bond donors (Lipinski definition) is 1. The van der Waals surface area contributed by atoms with E-state index in [2.05, 4.69) is 9.84 Å². The number of nitrogens with two attached hydrogens (primary N) is 1. The third kappa shape index (κ3) is 3.06. The average Bonchev–Trinajstić information content (AvgIpc) is 2.55. The normalized spacial score (nSPS) is 12.5. The summed E-state index contributed by atoms with van der Waals surface area (Å²) in [5.41, 5.74) is 7.00. The van der Waals surface area contributed by atoms with Crippen LogP contribution < -0.4 is 5.73 Å². The van der Waals surface area contributed by atoms with Crippen molar-refractivity contribution in [3.63, 3.8) is 0 Å². The maximum absolute atomic E-state index is 11.2. The fraction of sp³-hybridized carbons (Fsp3) is 0.600. The molecule has 5 heteroatoms. The zero-order chi connectivity index (χ0) is 11.4. The molecule has 0 amide bonds. The maximum Gasteiger partial charge on any atom is 0.358 e. The van der Waals surface area contributed by atoms with Crippen molar-refractivity contribution >= 4 is 5.97 Å². The van der Waals surface area contributed by atoms with E-state index >= 15 is 0 Å². The molecule has 1 rings (SSSR count). The molecular formula is C10H17N3O2. The van der Waals surface area contributed by atoms with Crippen molar-refractivity contribution < 1.29 is 9.53 Å². The lowest BCUT2D eigenvalue weighted by Crippen LogP contribution is -2.16. The first-order valence-electron chi connectivity index (χ1n) is 4.91. The lowest BCUT2D eigenvalue weighted by Gasteiger charge is -2.04. The van der Waals surface area contributed by atoms with E-state index in [0.717, 1.165) is 18.5 Å². The molecule has 0 unspecified atom stereocenters. The second kappa shape index (κ2) is 4.93. The second-order valence-corrected chi connectivity index (χ2v) is 3.65. The van der Waals surface area contributed by atoms with E-state index in [1.807, 2.05) is 14.0 Å². The summed E-state index contributed by atoms with van der Waals surface area (Å²) in [6, 6.07) is 1.90. The molecule has 0 saturated heterocycles. The van der Waals surface area contributed by atoms with Crippen LogP contribution in [0.3, 0.4) is 0 Å². The molecule has 2 N–H and O–H groups in total. The first-order valence-corrected chi connectivity index (χ1v) is 4.91. The average molecular weight is 211 g/mol. The third-order valence-corrected chi connectivity index (χ3v) is 2.23. The van der Waals surface area contributed by atoms with Gasteiger partial charge in [-0.15, -0.1) is 0 Å². The first-order chi connectivity index (χ1) is 7.04. The predicted molar refractivity (Wildman–Crippen MR) is 56.5 cm³/mol. The van der Waals surface area contributed by atoms with Crippen LogP contribution in [0.15, 0.2) is 6.07 Å². The van der Waals surface area contributed by atoms with Crippen molar-refractivity contribution in [2.75, 3.05) is 7.11 Å². The molecule has 0 radical (unpaired) electrons. The van der Waals surface area contributed by atoms with Gasteiger partial charge in [-0.2, -0.15) is 5.10 Å². The molecule has 84 valence electrons. The first kappa shape index (κ1) is 11.7. The maximum atomic E-state index is 11.2. The molecule has 0 aliphatic heterocycles. The quantitative estimate of drug-likeness (QED) is 0.736. The summed E-state index contributed by atoms with van der Waals surface area (Å²) in [6.45, 7) is 1.96. The Balaban J connectivity index is 2.73. The molecule has 1 heterocycles. The van der Waals surface area contributed by atoms with Crippen LogP contribution in [0.5, 0.6) is 0 Å². The predicted octanol–water partition coefficient (Wildman–Crippen LogP) is 0.486. The molecule has 0 saturated carbocycles. The van der Waals surface area contributed by atoms with Gasteiger partial charge < -0.3 is 10.5 Å². The van der Waals surface area contributed by atoms with Crippen molar-refractivity contribution in [3.05, 3.63) is 17.5 Å². The number of ether oxygens (including phenoxy) is 1. The SMILES string of the molecule is COC(=O)c1cc(CC[C@@H](C)N)n(C)n1. The van der Waals surface area contributed by atoms with Crippen molar-refractivity contribution in [2.45, 2.75) is 25.8 Å². The van der Waals surface area contributed by atoms with Crippen LogP contribution in [-0.2, 0) is 18.2 Å². The number of hydrogen-bond acceptors (Lipinski definition) is 4. The van der Waals surface area contributed by atoms with Gasteiger partial charge in [-0.3, -0.25) is 4.68 Å². The number of carbonyl (C=O) groups excluding carboxylic acids is 1. The minimum Gasteiger partial charge on any atom is -0.464 e. The summed E-state index contributed by atoms with van der Waals surface area (Å²) in [7, 11) is 3.15. The molecule has 1 atom stereocenters. The number of rotatable bonds is 4. The summed E-state index contributed by atoms with van der Waals surface area (Å²) in [5.74, 6) is -0.405. The van der Waals surface area contributed by atoms with Crippen molar-refractivity contribution in [1.29, 1.82) is 0 Å². The van der Waals surface area contributed by atoms with E-state index in [1.165, 1.54) is 7.11 Å². The smallest absolute Gasteiger partial charge is 0.358 e. The van der Waals surface area contributed by atoms with Gasteiger partial charge in [0.05, 0.1) is 7.11 Å². The summed E-state index contributed by atoms with van der Waals surface area (Å²) >= 11 is 0. The molecule has 15 heavy (non-hydrogen) atoms. The van der Waals surface area contributed by atoms with E-state index < -0.39 is 5.97 Å². The number of aryl methyl sites for hydroxylation is 2. The van der Waals surface area contributed by atoms with Gasteiger partial charge in [-0.1, -0.05) is 0 Å². The summed E-state index contributed by atoms with van der Waals surface area (Å²) in [6.07, 6.45) is 1.69. The fourth-order valence-electron chi connectivity index (χ4n) is 1.32. The van der Waals surface area contributed by atoms with Crippen molar-refractivity contribution in [3.8, 4) is 0 Å². The lowest BCUT2D eigenvalue weighted by molar-refractivity contribution is 0.0593. The van der Waals surface area contributed by atoms with Crippen LogP contribution in [0.25, 0.3) is 0 Å². The van der Waals surface area contributed by atoms with Gasteiger partial charge in [0, 0.05) is 18.8 Å². The molecule has 0 aliphatic rings. The molecular weight excluding hydrogens is 194 g/mol. The molecule has 0 spiro atoms.